The van der Waals surface area contributed by atoms with E-state index in [1.165, 1.54) is 16.7 Å². The minimum absolute atomic E-state index is 0.0804. The predicted octanol–water partition coefficient (Wildman–Crippen LogP) is 7.57. The first-order valence-corrected chi connectivity index (χ1v) is 13.1. The Bertz CT molecular complexity index is 890. The van der Waals surface area contributed by atoms with Crippen LogP contribution in [0.2, 0.25) is 16.6 Å². The quantitative estimate of drug-likeness (QED) is 0.478. The fourth-order valence-electron chi connectivity index (χ4n) is 5.28. The lowest BCUT2D eigenvalue weighted by Gasteiger charge is -2.42. The summed E-state index contributed by atoms with van der Waals surface area (Å²) >= 11 is 0. The topological polar surface area (TPSA) is 22.1 Å². The van der Waals surface area contributed by atoms with Gasteiger partial charge >= 0.3 is 0 Å². The number of aromatic nitrogens is 1. The number of hydrogen-bond donors (Lipinski definition) is 0. The highest BCUT2D eigenvalue weighted by Gasteiger charge is 2.43. The minimum Gasteiger partial charge on any atom is -0.457 e. The van der Waals surface area contributed by atoms with Gasteiger partial charge in [0.25, 0.3) is 0 Å². The van der Waals surface area contributed by atoms with Crippen LogP contribution in [0.1, 0.15) is 64.2 Å². The molecule has 2 aromatic rings. The number of fused-ring (bicyclic) bond motifs is 1. The van der Waals surface area contributed by atoms with E-state index in [1.807, 2.05) is 18.5 Å². The Morgan fingerprint density at radius 1 is 1.03 bits per heavy atom. The maximum atomic E-state index is 6.53. The lowest BCUT2D eigenvalue weighted by molar-refractivity contribution is 0.407. The van der Waals surface area contributed by atoms with Crippen molar-refractivity contribution in [3.8, 4) is 5.75 Å². The van der Waals surface area contributed by atoms with E-state index < -0.39 is 8.07 Å². The molecule has 1 aromatic carbocycles. The molecule has 1 atom stereocenters. The second-order valence-electron chi connectivity index (χ2n) is 9.36. The number of pyridine rings is 1. The van der Waals surface area contributed by atoms with Gasteiger partial charge in [0.05, 0.1) is 8.07 Å². The first-order chi connectivity index (χ1) is 13.7. The van der Waals surface area contributed by atoms with Crippen LogP contribution in [0.4, 0.5) is 0 Å². The highest BCUT2D eigenvalue weighted by atomic mass is 28.3. The fraction of sp³-hybridized carbons (Fsp3) is 0.423. The Hall–Kier alpha value is -2.13. The largest absolute Gasteiger partial charge is 0.457 e. The molecular formula is C26H35NOSi. The average molecular weight is 406 g/mol. The first-order valence-electron chi connectivity index (χ1n) is 10.8. The third-order valence-electron chi connectivity index (χ3n) is 6.76. The first kappa shape index (κ1) is 21.6. The Balaban J connectivity index is 2.21. The van der Waals surface area contributed by atoms with Crippen LogP contribution in [0.3, 0.4) is 0 Å². The van der Waals surface area contributed by atoms with Gasteiger partial charge in [0.15, 0.2) is 0 Å². The summed E-state index contributed by atoms with van der Waals surface area (Å²) in [5.74, 6) is 2.00. The van der Waals surface area contributed by atoms with E-state index in [4.69, 9.17) is 4.74 Å². The summed E-state index contributed by atoms with van der Waals surface area (Å²) in [5, 5.41) is 0. The van der Waals surface area contributed by atoms with Gasteiger partial charge in [-0.2, -0.15) is 0 Å². The van der Waals surface area contributed by atoms with Crippen LogP contribution < -0.4 is 4.74 Å². The highest BCUT2D eigenvalue weighted by Crippen LogP contribution is 2.48. The predicted molar refractivity (Wildman–Crippen MR) is 126 cm³/mol. The van der Waals surface area contributed by atoms with Crippen LogP contribution in [-0.4, -0.2) is 13.1 Å². The van der Waals surface area contributed by atoms with Gasteiger partial charge in [0.1, 0.15) is 11.5 Å². The maximum Gasteiger partial charge on any atom is 0.131 e. The molecular weight excluding hydrogens is 370 g/mol. The summed E-state index contributed by atoms with van der Waals surface area (Å²) in [4.78, 5) is 4.38. The van der Waals surface area contributed by atoms with Crippen LogP contribution in [-0.2, 0) is 0 Å². The van der Waals surface area contributed by atoms with E-state index in [-0.39, 0.29) is 5.92 Å². The van der Waals surface area contributed by atoms with Crippen molar-refractivity contribution in [1.82, 2.24) is 4.98 Å². The molecule has 1 aliphatic rings. The van der Waals surface area contributed by atoms with Crippen molar-refractivity contribution in [2.75, 3.05) is 0 Å². The number of benzene rings is 1. The normalized spacial score (nSPS) is 18.5. The third-order valence-corrected chi connectivity index (χ3v) is 13.5. The van der Waals surface area contributed by atoms with E-state index in [9.17, 15) is 0 Å². The van der Waals surface area contributed by atoms with Gasteiger partial charge in [-0.05, 0) is 46.8 Å². The highest BCUT2D eigenvalue weighted by molar-refractivity contribution is 6.88. The second kappa shape index (κ2) is 8.31. The third kappa shape index (κ3) is 3.85. The zero-order valence-electron chi connectivity index (χ0n) is 19.0. The molecule has 0 aliphatic carbocycles. The number of hydrogen-bond acceptors (Lipinski definition) is 2. The minimum atomic E-state index is -1.78. The van der Waals surface area contributed by atoms with E-state index in [2.05, 4.69) is 90.0 Å². The molecule has 0 fully saturated rings. The number of rotatable bonds is 5. The summed E-state index contributed by atoms with van der Waals surface area (Å²) in [5.41, 5.74) is 9.04. The summed E-state index contributed by atoms with van der Waals surface area (Å²) in [7, 11) is -1.78. The standard InChI is InChI=1S/C26H35NOSi/c1-17(2)29(18(3)4,19(5)6)16-25-21(8)26(22-10-9-13-27-15-22)23-14-20(7)11-12-24(23)28-25/h9-19,26H,8H2,1-7H3/b25-16-. The molecule has 154 valence electrons. The molecule has 3 rings (SSSR count). The van der Waals surface area contributed by atoms with Crippen LogP contribution in [0.5, 0.6) is 5.75 Å². The average Bonchev–Trinajstić information content (AvgIpc) is 2.66. The Kier molecular flexibility index (Phi) is 6.18. The molecule has 0 N–H and O–H groups in total. The summed E-state index contributed by atoms with van der Waals surface area (Å²) < 4.78 is 6.53. The molecule has 0 amide bonds. The lowest BCUT2D eigenvalue weighted by Crippen LogP contribution is -2.43. The number of ether oxygens (including phenoxy) is 1. The SMILES string of the molecule is C=C1/C(=C/[Si](C(C)C)(C(C)C)C(C)C)Oc2ccc(C)cc2C1c1cccnc1. The molecule has 0 spiro atoms. The number of aryl methyl sites for hydroxylation is 1. The Morgan fingerprint density at radius 2 is 1.69 bits per heavy atom. The summed E-state index contributed by atoms with van der Waals surface area (Å²) in [6, 6.07) is 10.6. The molecule has 29 heavy (non-hydrogen) atoms. The molecule has 1 unspecified atom stereocenters. The monoisotopic (exact) mass is 405 g/mol. The fourth-order valence-corrected chi connectivity index (χ4v) is 11.0. The van der Waals surface area contributed by atoms with Crippen LogP contribution in [0, 0.1) is 6.92 Å². The van der Waals surface area contributed by atoms with Crippen LogP contribution in [0.25, 0.3) is 0 Å². The Morgan fingerprint density at radius 3 is 2.24 bits per heavy atom. The molecule has 1 aromatic heterocycles. The lowest BCUT2D eigenvalue weighted by atomic mass is 9.83. The van der Waals surface area contributed by atoms with Gasteiger partial charge in [-0.15, -0.1) is 0 Å². The van der Waals surface area contributed by atoms with Crippen molar-refractivity contribution in [2.45, 2.75) is 71.0 Å². The van der Waals surface area contributed by atoms with E-state index >= 15 is 0 Å². The second-order valence-corrected chi connectivity index (χ2v) is 15.1. The number of allylic oxidation sites excluding steroid dienone is 1. The van der Waals surface area contributed by atoms with Crippen LogP contribution in [0.15, 0.2) is 66.3 Å². The molecule has 2 heterocycles. The van der Waals surface area contributed by atoms with Gasteiger partial charge in [-0.1, -0.05) is 77.6 Å². The van der Waals surface area contributed by atoms with E-state index in [1.54, 1.807) is 0 Å². The molecule has 0 saturated carbocycles. The number of nitrogens with zero attached hydrogens (tertiary/aromatic N) is 1. The van der Waals surface area contributed by atoms with Crippen molar-refractivity contribution >= 4 is 8.07 Å². The van der Waals surface area contributed by atoms with Crippen molar-refractivity contribution in [1.29, 1.82) is 0 Å². The van der Waals surface area contributed by atoms with Gasteiger partial charge < -0.3 is 4.74 Å². The maximum absolute atomic E-state index is 6.53. The van der Waals surface area contributed by atoms with Crippen molar-refractivity contribution in [3.05, 3.63) is 83.0 Å². The molecule has 1 aliphatic heterocycles. The zero-order valence-corrected chi connectivity index (χ0v) is 20.0. The van der Waals surface area contributed by atoms with Crippen molar-refractivity contribution in [2.24, 2.45) is 0 Å². The summed E-state index contributed by atoms with van der Waals surface area (Å²) in [6.45, 7) is 21.0. The van der Waals surface area contributed by atoms with E-state index in [0.29, 0.717) is 16.6 Å². The van der Waals surface area contributed by atoms with Gasteiger partial charge in [-0.25, -0.2) is 0 Å². The molecule has 0 radical (unpaired) electrons. The van der Waals surface area contributed by atoms with E-state index in [0.717, 1.165) is 17.1 Å². The van der Waals surface area contributed by atoms with Gasteiger partial charge in [-0.3, -0.25) is 4.98 Å². The smallest absolute Gasteiger partial charge is 0.131 e. The molecule has 2 nitrogen and oxygen atoms in total. The van der Waals surface area contributed by atoms with Crippen LogP contribution >= 0.6 is 0 Å². The molecule has 0 saturated heterocycles. The zero-order chi connectivity index (χ0) is 21.3. The Labute approximate surface area is 177 Å². The van der Waals surface area contributed by atoms with Crippen molar-refractivity contribution in [3.63, 3.8) is 0 Å². The molecule has 3 heteroatoms. The molecule has 0 bridgehead atoms. The van der Waals surface area contributed by atoms with Crippen molar-refractivity contribution < 1.29 is 4.74 Å². The summed E-state index contributed by atoms with van der Waals surface area (Å²) in [6.07, 6.45) is 3.79. The van der Waals surface area contributed by atoms with Gasteiger partial charge in [0.2, 0.25) is 0 Å². The van der Waals surface area contributed by atoms with Gasteiger partial charge in [0, 0.05) is 23.9 Å².